The fourth-order valence-electron chi connectivity index (χ4n) is 3.26. The topological polar surface area (TPSA) is 297 Å². The molecule has 1 aliphatic rings. The standard InChI is InChI=1S/C19H31N4O16P3S4/c1-43-46-12-35-14-9-16(37-15(14)11-36-41(30,31)39-42(32,33)38-40(27,28)29)23-10-13(17(24)22-18(23)25)3-2-5-21-19(26)34-6-8-45-44-7-4-20/h10,14-16H,4-9,11-12,20H2,1H3,(H,21,26)(H,30,31)(H,32,33)(H,22,24,25)(H2,27,28,29)/t14-,15+,16+/m0/s1. The number of aromatic nitrogens is 2. The lowest BCUT2D eigenvalue weighted by Gasteiger charge is -2.21. The molecule has 20 nitrogen and oxygen atoms in total. The Labute approximate surface area is 277 Å². The monoisotopic (exact) mass is 792 g/mol. The summed E-state index contributed by atoms with van der Waals surface area (Å²) in [5.74, 6) is 6.53. The number of amides is 1. The van der Waals surface area contributed by atoms with Crippen molar-refractivity contribution in [1.29, 1.82) is 0 Å². The van der Waals surface area contributed by atoms with Gasteiger partial charge in [0, 0.05) is 30.7 Å². The highest BCUT2D eigenvalue weighted by Gasteiger charge is 2.43. The quantitative estimate of drug-likeness (QED) is 0.0337. The van der Waals surface area contributed by atoms with Crippen molar-refractivity contribution in [2.45, 2.75) is 24.9 Å². The lowest BCUT2D eigenvalue weighted by atomic mass is 10.2. The maximum atomic E-state index is 12.6. The number of rotatable bonds is 19. The third kappa shape index (κ3) is 16.1. The highest BCUT2D eigenvalue weighted by atomic mass is 33.1. The minimum atomic E-state index is -5.75. The second kappa shape index (κ2) is 20.0. The number of ether oxygens (including phenoxy) is 3. The van der Waals surface area contributed by atoms with E-state index in [4.69, 9.17) is 29.7 Å². The van der Waals surface area contributed by atoms with Crippen LogP contribution in [-0.4, -0.2) is 97.4 Å². The van der Waals surface area contributed by atoms with Gasteiger partial charge in [0.1, 0.15) is 30.4 Å². The molecule has 0 aliphatic carbocycles. The van der Waals surface area contributed by atoms with E-state index in [1.807, 2.05) is 0 Å². The zero-order chi connectivity index (χ0) is 34.4. The summed E-state index contributed by atoms with van der Waals surface area (Å²) in [4.78, 5) is 75.3. The number of nitrogens with two attached hydrogens (primary N) is 1. The number of H-pyrrole nitrogens is 1. The molecule has 5 atom stereocenters. The molecule has 1 aliphatic heterocycles. The predicted molar refractivity (Wildman–Crippen MR) is 171 cm³/mol. The van der Waals surface area contributed by atoms with E-state index in [1.165, 1.54) is 32.4 Å². The number of aromatic amines is 1. The Bertz CT molecular complexity index is 1480. The highest BCUT2D eigenvalue weighted by Crippen LogP contribution is 2.66. The van der Waals surface area contributed by atoms with Crippen LogP contribution in [0.5, 0.6) is 0 Å². The van der Waals surface area contributed by atoms with Crippen molar-refractivity contribution >= 4 is 72.7 Å². The molecule has 0 saturated carbocycles. The molecule has 0 spiro atoms. The molecule has 0 radical (unpaired) electrons. The van der Waals surface area contributed by atoms with Gasteiger partial charge >= 0.3 is 35.3 Å². The zero-order valence-electron chi connectivity index (χ0n) is 23.7. The molecule has 1 aromatic heterocycles. The molecule has 0 bridgehead atoms. The van der Waals surface area contributed by atoms with E-state index in [-0.39, 0.29) is 31.1 Å². The van der Waals surface area contributed by atoms with Crippen LogP contribution in [0.25, 0.3) is 0 Å². The summed E-state index contributed by atoms with van der Waals surface area (Å²) in [6, 6.07) is 0. The molecular formula is C19H31N4O16P3S4. The first-order valence-electron chi connectivity index (χ1n) is 12.5. The molecule has 1 saturated heterocycles. The van der Waals surface area contributed by atoms with Crippen LogP contribution in [0.15, 0.2) is 15.8 Å². The van der Waals surface area contributed by atoms with Crippen molar-refractivity contribution in [2.24, 2.45) is 5.73 Å². The second-order valence-electron chi connectivity index (χ2n) is 8.29. The van der Waals surface area contributed by atoms with Gasteiger partial charge in [-0.15, -0.1) is 0 Å². The number of alkyl carbamates (subject to hydrolysis) is 1. The molecule has 27 heteroatoms. The summed E-state index contributed by atoms with van der Waals surface area (Å²) in [5.41, 5.74) is 3.50. The summed E-state index contributed by atoms with van der Waals surface area (Å²) in [6.07, 6.45) is -1.10. The summed E-state index contributed by atoms with van der Waals surface area (Å²) >= 11 is 0. The number of carbonyl (C=O) groups excluding carboxylic acids is 1. The molecule has 1 amide bonds. The predicted octanol–water partition coefficient (Wildman–Crippen LogP) is 0.939. The number of hydrogen-bond donors (Lipinski definition) is 7. The average molecular weight is 793 g/mol. The zero-order valence-corrected chi connectivity index (χ0v) is 29.6. The van der Waals surface area contributed by atoms with Crippen molar-refractivity contribution < 1.29 is 65.4 Å². The number of hydrogen-bond acceptors (Lipinski definition) is 17. The molecular weight excluding hydrogens is 761 g/mol. The van der Waals surface area contributed by atoms with E-state index in [0.717, 1.165) is 16.5 Å². The Hall–Kier alpha value is -0.800. The Morgan fingerprint density at radius 2 is 1.87 bits per heavy atom. The van der Waals surface area contributed by atoms with Crippen LogP contribution in [0, 0.1) is 11.8 Å². The minimum Gasteiger partial charge on any atom is -0.449 e. The lowest BCUT2D eigenvalue weighted by Crippen LogP contribution is -2.34. The van der Waals surface area contributed by atoms with Gasteiger partial charge in [0.25, 0.3) is 5.56 Å². The van der Waals surface area contributed by atoms with Gasteiger partial charge in [0.15, 0.2) is 0 Å². The van der Waals surface area contributed by atoms with Crippen molar-refractivity contribution in [3.05, 3.63) is 32.6 Å². The molecule has 8 N–H and O–H groups in total. The van der Waals surface area contributed by atoms with Crippen LogP contribution < -0.4 is 22.3 Å². The number of nitrogens with one attached hydrogen (secondary N) is 2. The first-order chi connectivity index (χ1) is 21.6. The first-order valence-corrected chi connectivity index (χ1v) is 22.2. The number of phosphoric ester groups is 1. The van der Waals surface area contributed by atoms with Crippen LogP contribution >= 0.6 is 66.6 Å². The normalized spacial score (nSPS) is 20.7. The van der Waals surface area contributed by atoms with Crippen LogP contribution in [0.3, 0.4) is 0 Å². The SMILES string of the molecule is CSSCO[C@H]1C[C@H](n2cc(C#CCNC(=O)OCCSSCCN)c(=O)[nH]c2=O)O[C@@H]1COP(=O)(O)OP(=O)(O)OP(=O)(O)O. The van der Waals surface area contributed by atoms with Gasteiger partial charge in [-0.1, -0.05) is 55.0 Å². The maximum absolute atomic E-state index is 12.6. The lowest BCUT2D eigenvalue weighted by molar-refractivity contribution is -0.0543. The van der Waals surface area contributed by atoms with E-state index in [9.17, 15) is 37.9 Å². The van der Waals surface area contributed by atoms with Crippen molar-refractivity contribution in [2.75, 3.05) is 50.0 Å². The van der Waals surface area contributed by atoms with Gasteiger partial charge < -0.3 is 44.8 Å². The molecule has 2 rings (SSSR count). The van der Waals surface area contributed by atoms with Crippen molar-refractivity contribution in [1.82, 2.24) is 14.9 Å². The Balaban J connectivity index is 2.08. The average Bonchev–Trinajstić information content (AvgIpc) is 3.33. The fraction of sp³-hybridized carbons (Fsp3) is 0.632. The van der Waals surface area contributed by atoms with Crippen molar-refractivity contribution in [3.8, 4) is 11.8 Å². The van der Waals surface area contributed by atoms with Crippen LogP contribution in [0.1, 0.15) is 18.2 Å². The second-order valence-corrected chi connectivity index (χ2v) is 17.9. The number of phosphoric acid groups is 3. The Morgan fingerprint density at radius 1 is 1.15 bits per heavy atom. The van der Waals surface area contributed by atoms with E-state index in [1.54, 1.807) is 17.0 Å². The molecule has 2 heterocycles. The minimum absolute atomic E-state index is 0.0470. The van der Waals surface area contributed by atoms with Gasteiger partial charge in [-0.2, -0.15) is 8.62 Å². The van der Waals surface area contributed by atoms with E-state index < -0.39 is 65.9 Å². The largest absolute Gasteiger partial charge is 0.490 e. The van der Waals surface area contributed by atoms with E-state index in [0.29, 0.717) is 12.3 Å². The van der Waals surface area contributed by atoms with E-state index >= 15 is 0 Å². The Morgan fingerprint density at radius 3 is 2.54 bits per heavy atom. The Kier molecular flexibility index (Phi) is 18.0. The molecule has 1 fully saturated rings. The van der Waals surface area contributed by atoms with Crippen molar-refractivity contribution in [3.63, 3.8) is 0 Å². The van der Waals surface area contributed by atoms with Gasteiger partial charge in [-0.25, -0.2) is 23.3 Å². The molecule has 0 aromatic carbocycles. The van der Waals surface area contributed by atoms with Crippen LogP contribution in [0.4, 0.5) is 4.79 Å². The molecule has 262 valence electrons. The van der Waals surface area contributed by atoms with Gasteiger partial charge in [-0.3, -0.25) is 18.9 Å². The third-order valence-electron chi connectivity index (χ3n) is 4.95. The highest BCUT2D eigenvalue weighted by molar-refractivity contribution is 8.76. The van der Waals surface area contributed by atoms with Gasteiger partial charge in [0.2, 0.25) is 0 Å². The molecule has 1 aromatic rings. The maximum Gasteiger partial charge on any atom is 0.490 e. The van der Waals surface area contributed by atoms with Crippen LogP contribution in [0.2, 0.25) is 0 Å². The summed E-state index contributed by atoms with van der Waals surface area (Å²) < 4.78 is 64.1. The summed E-state index contributed by atoms with van der Waals surface area (Å²) in [7, 11) is -11.1. The number of nitrogens with zero attached hydrogens (tertiary/aromatic N) is 1. The van der Waals surface area contributed by atoms with Crippen LogP contribution in [-0.2, 0) is 41.1 Å². The summed E-state index contributed by atoms with van der Waals surface area (Å²) in [5, 5.41) is 2.40. The van der Waals surface area contributed by atoms with Gasteiger partial charge in [-0.05, 0) is 6.26 Å². The third-order valence-corrected chi connectivity index (χ3v) is 12.6. The van der Waals surface area contributed by atoms with Gasteiger partial charge in [0.05, 0.1) is 19.3 Å². The fourth-order valence-corrected chi connectivity index (χ4v) is 8.76. The molecule has 46 heavy (non-hydrogen) atoms. The smallest absolute Gasteiger partial charge is 0.449 e. The number of carbonyl (C=O) groups is 1. The first kappa shape index (κ1) is 41.4. The molecule has 2 unspecified atom stereocenters. The van der Waals surface area contributed by atoms with E-state index in [2.05, 4.69) is 35.3 Å². The summed E-state index contributed by atoms with van der Waals surface area (Å²) in [6.45, 7) is -0.304.